The van der Waals surface area contributed by atoms with Crippen molar-refractivity contribution >= 4 is 28.4 Å². The van der Waals surface area contributed by atoms with E-state index in [1.807, 2.05) is 0 Å². The highest BCUT2D eigenvalue weighted by Gasteiger charge is 2.00. The van der Waals surface area contributed by atoms with Crippen LogP contribution in [0.4, 0.5) is 5.82 Å². The summed E-state index contributed by atoms with van der Waals surface area (Å²) in [5.74, 6) is 3.14. The molecule has 1 aromatic rings. The molecule has 3 nitrogen and oxygen atoms in total. The molecular weight excluding hydrogens is 243 g/mol. The molecule has 0 bridgehead atoms. The number of terminal acetylenes is 1. The van der Waals surface area contributed by atoms with Gasteiger partial charge in [-0.25, -0.2) is 0 Å². The summed E-state index contributed by atoms with van der Waals surface area (Å²) in [6, 6.07) is 0. The third kappa shape index (κ3) is 1.64. The maximum absolute atomic E-state index is 5.02. The maximum Gasteiger partial charge on any atom is 0.183 e. The average Bonchev–Trinajstić information content (AvgIpc) is 2.31. The lowest BCUT2D eigenvalue weighted by Crippen LogP contribution is -1.99. The third-order valence-corrected chi connectivity index (χ3v) is 1.65. The smallest absolute Gasteiger partial charge is 0.183 e. The molecule has 0 unspecified atom stereocenters. The fraction of sp³-hybridized carbons (Fsp3) is 0.167. The molecule has 4 heteroatoms. The van der Waals surface area contributed by atoms with Crippen molar-refractivity contribution in [2.45, 2.75) is 0 Å². The first kappa shape index (κ1) is 7.41. The molecule has 52 valence electrons. The van der Waals surface area contributed by atoms with Crippen molar-refractivity contribution in [2.24, 2.45) is 0 Å². The van der Waals surface area contributed by atoms with Gasteiger partial charge >= 0.3 is 0 Å². The van der Waals surface area contributed by atoms with E-state index < -0.39 is 0 Å². The van der Waals surface area contributed by atoms with Gasteiger partial charge in [0, 0.05) is 0 Å². The minimum Gasteiger partial charge on any atom is -0.361 e. The van der Waals surface area contributed by atoms with E-state index in [2.05, 4.69) is 43.5 Å². The zero-order valence-electron chi connectivity index (χ0n) is 5.10. The summed E-state index contributed by atoms with van der Waals surface area (Å²) >= 11 is 2.11. The fourth-order valence-electron chi connectivity index (χ4n) is 0.476. The number of anilines is 1. The van der Waals surface area contributed by atoms with Crippen LogP contribution in [0.3, 0.4) is 0 Å². The Morgan fingerprint density at radius 1 is 1.90 bits per heavy atom. The van der Waals surface area contributed by atoms with Gasteiger partial charge in [0.15, 0.2) is 5.82 Å². The zero-order chi connectivity index (χ0) is 7.40. The molecule has 0 saturated heterocycles. The lowest BCUT2D eigenvalue weighted by atomic mass is 10.6. The van der Waals surface area contributed by atoms with Crippen LogP contribution < -0.4 is 5.32 Å². The van der Waals surface area contributed by atoms with Crippen molar-refractivity contribution in [2.75, 3.05) is 11.9 Å². The van der Waals surface area contributed by atoms with Crippen LogP contribution in [-0.2, 0) is 0 Å². The summed E-state index contributed by atoms with van der Waals surface area (Å²) in [6.45, 7) is 0.475. The summed E-state index contributed by atoms with van der Waals surface area (Å²) in [7, 11) is 0. The Hall–Kier alpha value is -0.700. The van der Waals surface area contributed by atoms with Crippen molar-refractivity contribution in [3.63, 3.8) is 0 Å². The van der Waals surface area contributed by atoms with E-state index in [9.17, 15) is 0 Å². The van der Waals surface area contributed by atoms with Crippen LogP contribution in [0, 0.1) is 15.9 Å². The van der Waals surface area contributed by atoms with Crippen LogP contribution in [-0.4, -0.2) is 11.7 Å². The van der Waals surface area contributed by atoms with Gasteiger partial charge in [0.1, 0.15) is 6.26 Å². The molecule has 0 aliphatic rings. The van der Waals surface area contributed by atoms with Gasteiger partial charge in [0.05, 0.1) is 10.1 Å². The number of hydrogen-bond donors (Lipinski definition) is 1. The van der Waals surface area contributed by atoms with Crippen molar-refractivity contribution < 1.29 is 4.52 Å². The second-order valence-electron chi connectivity index (χ2n) is 1.57. The number of nitrogens with zero attached hydrogens (tertiary/aromatic N) is 1. The Balaban J connectivity index is 2.59. The Labute approximate surface area is 72.3 Å². The Bertz CT molecular complexity index is 250. The predicted molar refractivity (Wildman–Crippen MR) is 46.5 cm³/mol. The molecular formula is C6H5IN2O. The SMILES string of the molecule is C#CCNc1nocc1I. The van der Waals surface area contributed by atoms with E-state index in [4.69, 9.17) is 6.42 Å². The molecule has 10 heavy (non-hydrogen) atoms. The molecule has 0 fully saturated rings. The summed E-state index contributed by atoms with van der Waals surface area (Å²) in [6.07, 6.45) is 6.58. The normalized spacial score (nSPS) is 8.80. The lowest BCUT2D eigenvalue weighted by Gasteiger charge is -1.93. The van der Waals surface area contributed by atoms with Crippen LogP contribution in [0.15, 0.2) is 10.8 Å². The highest BCUT2D eigenvalue weighted by Crippen LogP contribution is 2.13. The van der Waals surface area contributed by atoms with Crippen LogP contribution in [0.2, 0.25) is 0 Å². The molecule has 1 N–H and O–H groups in total. The van der Waals surface area contributed by atoms with Gasteiger partial charge in [-0.15, -0.1) is 6.42 Å². The molecule has 0 aromatic carbocycles. The number of aromatic nitrogens is 1. The summed E-state index contributed by atoms with van der Waals surface area (Å²) in [5, 5.41) is 6.56. The van der Waals surface area contributed by atoms with Gasteiger partial charge in [-0.05, 0) is 22.6 Å². The monoisotopic (exact) mass is 248 g/mol. The van der Waals surface area contributed by atoms with Crippen LogP contribution in [0.5, 0.6) is 0 Å². The summed E-state index contributed by atoms with van der Waals surface area (Å²) < 4.78 is 5.59. The van der Waals surface area contributed by atoms with Gasteiger partial charge in [-0.3, -0.25) is 0 Å². The molecule has 0 amide bonds. The molecule has 0 spiro atoms. The molecule has 0 aliphatic carbocycles. The number of rotatable bonds is 2. The second-order valence-corrected chi connectivity index (χ2v) is 2.73. The van der Waals surface area contributed by atoms with Gasteiger partial charge in [0.25, 0.3) is 0 Å². The van der Waals surface area contributed by atoms with E-state index in [0.29, 0.717) is 12.4 Å². The van der Waals surface area contributed by atoms with Crippen molar-refractivity contribution in [1.82, 2.24) is 5.16 Å². The Morgan fingerprint density at radius 3 is 3.20 bits per heavy atom. The first-order chi connectivity index (χ1) is 4.84. The topological polar surface area (TPSA) is 38.1 Å². The minimum atomic E-state index is 0.475. The second kappa shape index (κ2) is 3.46. The van der Waals surface area contributed by atoms with Crippen LogP contribution >= 0.6 is 22.6 Å². The van der Waals surface area contributed by atoms with E-state index >= 15 is 0 Å². The number of hydrogen-bond acceptors (Lipinski definition) is 3. The molecule has 1 aromatic heterocycles. The van der Waals surface area contributed by atoms with E-state index in [0.717, 1.165) is 3.57 Å². The molecule has 0 atom stereocenters. The first-order valence-electron chi connectivity index (χ1n) is 2.62. The first-order valence-corrected chi connectivity index (χ1v) is 3.69. The maximum atomic E-state index is 5.02. The number of nitrogens with one attached hydrogen (secondary N) is 1. The van der Waals surface area contributed by atoms with Crippen LogP contribution in [0.1, 0.15) is 0 Å². The van der Waals surface area contributed by atoms with E-state index in [-0.39, 0.29) is 0 Å². The Morgan fingerprint density at radius 2 is 2.70 bits per heavy atom. The molecule has 1 heterocycles. The highest BCUT2D eigenvalue weighted by molar-refractivity contribution is 14.1. The van der Waals surface area contributed by atoms with Gasteiger partial charge in [-0.1, -0.05) is 11.1 Å². The zero-order valence-corrected chi connectivity index (χ0v) is 7.25. The Kier molecular flexibility index (Phi) is 2.57. The van der Waals surface area contributed by atoms with Crippen molar-refractivity contribution in [1.29, 1.82) is 0 Å². The molecule has 0 aliphatic heterocycles. The predicted octanol–water partition coefficient (Wildman–Crippen LogP) is 1.32. The van der Waals surface area contributed by atoms with Crippen LogP contribution in [0.25, 0.3) is 0 Å². The van der Waals surface area contributed by atoms with Gasteiger partial charge in [-0.2, -0.15) is 0 Å². The molecule has 0 saturated carbocycles. The standard InChI is InChI=1S/C6H5IN2O/c1-2-3-8-6-5(7)4-10-9-6/h1,4H,3H2,(H,8,9). The third-order valence-electron chi connectivity index (χ3n) is 0.884. The van der Waals surface area contributed by atoms with E-state index in [1.54, 1.807) is 6.26 Å². The summed E-state index contributed by atoms with van der Waals surface area (Å²) in [5.41, 5.74) is 0. The fourth-order valence-corrected chi connectivity index (χ4v) is 0.879. The quantitative estimate of drug-likeness (QED) is 0.633. The average molecular weight is 248 g/mol. The van der Waals surface area contributed by atoms with Gasteiger partial charge < -0.3 is 9.84 Å². The highest BCUT2D eigenvalue weighted by atomic mass is 127. The van der Waals surface area contributed by atoms with Gasteiger partial charge in [0.2, 0.25) is 0 Å². The largest absolute Gasteiger partial charge is 0.361 e. The molecule has 0 radical (unpaired) electrons. The lowest BCUT2D eigenvalue weighted by molar-refractivity contribution is 0.422. The van der Waals surface area contributed by atoms with E-state index in [1.165, 1.54) is 0 Å². The van der Waals surface area contributed by atoms with Crippen molar-refractivity contribution in [3.05, 3.63) is 9.83 Å². The molecule has 1 rings (SSSR count). The minimum absolute atomic E-state index is 0.475. The van der Waals surface area contributed by atoms with Crippen molar-refractivity contribution in [3.8, 4) is 12.3 Å². The number of halogens is 1. The summed E-state index contributed by atoms with van der Waals surface area (Å²) in [4.78, 5) is 0.